The first kappa shape index (κ1) is 12.4. The Labute approximate surface area is 99.8 Å². The molecule has 15 heavy (non-hydrogen) atoms. The van der Waals surface area contributed by atoms with E-state index in [1.807, 2.05) is 0 Å². The first-order valence-corrected chi connectivity index (χ1v) is 5.30. The molecule has 0 unspecified atom stereocenters. The lowest BCUT2D eigenvalue weighted by atomic mass is 10.2. The largest absolute Gasteiger partial charge is 0.397 e. The minimum absolute atomic E-state index is 0.413. The molecule has 0 aliphatic heterocycles. The number of benzene rings is 1. The van der Waals surface area contributed by atoms with E-state index in [0.717, 1.165) is 3.57 Å². The molecular formula is C9H11F2IN2O. The van der Waals surface area contributed by atoms with Crippen molar-refractivity contribution < 1.29 is 13.9 Å². The van der Waals surface area contributed by atoms with Gasteiger partial charge in [0.05, 0.1) is 17.9 Å². The minimum Gasteiger partial charge on any atom is -0.397 e. The van der Waals surface area contributed by atoms with Gasteiger partial charge >= 0.3 is 0 Å². The van der Waals surface area contributed by atoms with Gasteiger partial charge in [-0.25, -0.2) is 8.78 Å². The zero-order chi connectivity index (χ0) is 11.5. The second kappa shape index (κ2) is 4.93. The molecule has 0 fully saturated rings. The summed E-state index contributed by atoms with van der Waals surface area (Å²) < 4.78 is 26.3. The number of halogens is 3. The van der Waals surface area contributed by atoms with Crippen LogP contribution in [0.25, 0.3) is 0 Å². The van der Waals surface area contributed by atoms with E-state index in [4.69, 9.17) is 10.8 Å². The average Bonchev–Trinajstić information content (AvgIpc) is 2.16. The van der Waals surface area contributed by atoms with Crippen molar-refractivity contribution >= 4 is 34.0 Å². The second-order valence-electron chi connectivity index (χ2n) is 3.10. The van der Waals surface area contributed by atoms with Crippen molar-refractivity contribution in [1.29, 1.82) is 0 Å². The number of aliphatic hydroxyl groups excluding tert-OH is 1. The molecular weight excluding hydrogens is 317 g/mol. The number of anilines is 2. The number of rotatable bonds is 4. The fourth-order valence-corrected chi connectivity index (χ4v) is 1.49. The maximum absolute atomic E-state index is 12.7. The van der Waals surface area contributed by atoms with E-state index >= 15 is 0 Å². The molecule has 4 N–H and O–H groups in total. The molecule has 0 saturated heterocycles. The standard InChI is InChI=1S/C9H11F2IN2O/c10-9(11,5-15)4-14-8-2-1-6(12)3-7(8)13/h1-3,14-15H,4-5,13H2. The molecule has 0 radical (unpaired) electrons. The average molecular weight is 328 g/mol. The quantitative estimate of drug-likeness (QED) is 0.585. The van der Waals surface area contributed by atoms with Crippen LogP contribution in [-0.4, -0.2) is 24.2 Å². The van der Waals surface area contributed by atoms with E-state index in [2.05, 4.69) is 27.9 Å². The SMILES string of the molecule is Nc1cc(I)ccc1NCC(F)(F)CO. The Bertz CT molecular complexity index is 347. The summed E-state index contributed by atoms with van der Waals surface area (Å²) in [6.45, 7) is -1.81. The second-order valence-corrected chi connectivity index (χ2v) is 4.34. The summed E-state index contributed by atoms with van der Waals surface area (Å²) >= 11 is 2.08. The highest BCUT2D eigenvalue weighted by Gasteiger charge is 2.27. The first-order valence-electron chi connectivity index (χ1n) is 4.22. The first-order chi connectivity index (χ1) is 6.94. The van der Waals surface area contributed by atoms with Gasteiger partial charge in [0.25, 0.3) is 5.92 Å². The molecule has 1 aromatic carbocycles. The molecule has 0 bridgehead atoms. The number of nitrogen functional groups attached to an aromatic ring is 1. The molecule has 0 aromatic heterocycles. The van der Waals surface area contributed by atoms with Crippen molar-refractivity contribution in [3.05, 3.63) is 21.8 Å². The summed E-state index contributed by atoms with van der Waals surface area (Å²) in [4.78, 5) is 0. The van der Waals surface area contributed by atoms with E-state index in [0.29, 0.717) is 11.4 Å². The lowest BCUT2D eigenvalue weighted by Crippen LogP contribution is -2.31. The monoisotopic (exact) mass is 328 g/mol. The highest BCUT2D eigenvalue weighted by atomic mass is 127. The van der Waals surface area contributed by atoms with E-state index in [9.17, 15) is 8.78 Å². The molecule has 1 rings (SSSR count). The zero-order valence-electron chi connectivity index (χ0n) is 7.80. The predicted molar refractivity (Wildman–Crippen MR) is 64.1 cm³/mol. The molecule has 0 amide bonds. The summed E-state index contributed by atoms with van der Waals surface area (Å²) in [5.74, 6) is -3.13. The van der Waals surface area contributed by atoms with Gasteiger partial charge in [-0.15, -0.1) is 0 Å². The number of aliphatic hydroxyl groups is 1. The Balaban J connectivity index is 2.66. The van der Waals surface area contributed by atoms with E-state index in [1.54, 1.807) is 18.2 Å². The van der Waals surface area contributed by atoms with Crippen LogP contribution in [0.4, 0.5) is 20.2 Å². The van der Waals surface area contributed by atoms with Crippen LogP contribution in [0.1, 0.15) is 0 Å². The van der Waals surface area contributed by atoms with Crippen LogP contribution in [0, 0.1) is 3.57 Å². The van der Waals surface area contributed by atoms with Crippen LogP contribution in [0.3, 0.4) is 0 Å². The van der Waals surface area contributed by atoms with Crippen molar-refractivity contribution in [3.8, 4) is 0 Å². The van der Waals surface area contributed by atoms with Crippen LogP contribution in [0.5, 0.6) is 0 Å². The number of nitrogens with one attached hydrogen (secondary N) is 1. The molecule has 84 valence electrons. The topological polar surface area (TPSA) is 58.3 Å². The molecule has 3 nitrogen and oxygen atoms in total. The van der Waals surface area contributed by atoms with Crippen LogP contribution >= 0.6 is 22.6 Å². The Kier molecular flexibility index (Phi) is 4.09. The Morgan fingerprint density at radius 3 is 2.67 bits per heavy atom. The number of alkyl halides is 2. The zero-order valence-corrected chi connectivity index (χ0v) is 9.96. The molecule has 0 aliphatic rings. The van der Waals surface area contributed by atoms with Gasteiger partial charge in [-0.05, 0) is 40.8 Å². The van der Waals surface area contributed by atoms with E-state index in [-0.39, 0.29) is 0 Å². The molecule has 0 heterocycles. The van der Waals surface area contributed by atoms with E-state index in [1.165, 1.54) is 0 Å². The highest BCUT2D eigenvalue weighted by Crippen LogP contribution is 2.22. The van der Waals surface area contributed by atoms with E-state index < -0.39 is 19.1 Å². The van der Waals surface area contributed by atoms with Gasteiger partial charge in [0, 0.05) is 3.57 Å². The maximum atomic E-state index is 12.7. The van der Waals surface area contributed by atoms with Gasteiger partial charge in [-0.2, -0.15) is 0 Å². The van der Waals surface area contributed by atoms with Crippen molar-refractivity contribution in [2.24, 2.45) is 0 Å². The third-order valence-electron chi connectivity index (χ3n) is 1.78. The summed E-state index contributed by atoms with van der Waals surface area (Å²) in [6.07, 6.45) is 0. The summed E-state index contributed by atoms with van der Waals surface area (Å²) in [6, 6.07) is 5.07. The summed E-state index contributed by atoms with van der Waals surface area (Å²) in [5, 5.41) is 10.9. The molecule has 0 spiro atoms. The van der Waals surface area contributed by atoms with Crippen LogP contribution in [0.15, 0.2) is 18.2 Å². The summed E-state index contributed by atoms with van der Waals surface area (Å²) in [5.41, 5.74) is 6.48. The fraction of sp³-hybridized carbons (Fsp3) is 0.333. The number of hydrogen-bond acceptors (Lipinski definition) is 3. The van der Waals surface area contributed by atoms with Crippen LogP contribution < -0.4 is 11.1 Å². The van der Waals surface area contributed by atoms with Gasteiger partial charge in [0.15, 0.2) is 0 Å². The molecule has 0 saturated carbocycles. The van der Waals surface area contributed by atoms with Gasteiger partial charge < -0.3 is 16.2 Å². The van der Waals surface area contributed by atoms with Gasteiger partial charge in [0.2, 0.25) is 0 Å². The minimum atomic E-state index is -3.13. The fourth-order valence-electron chi connectivity index (χ4n) is 0.975. The van der Waals surface area contributed by atoms with Crippen molar-refractivity contribution in [3.63, 3.8) is 0 Å². The van der Waals surface area contributed by atoms with Gasteiger partial charge in [-0.3, -0.25) is 0 Å². The lowest BCUT2D eigenvalue weighted by Gasteiger charge is -2.16. The van der Waals surface area contributed by atoms with Crippen LogP contribution in [0.2, 0.25) is 0 Å². The third kappa shape index (κ3) is 3.78. The molecule has 0 aliphatic carbocycles. The summed E-state index contributed by atoms with van der Waals surface area (Å²) in [7, 11) is 0. The molecule has 6 heteroatoms. The van der Waals surface area contributed by atoms with Gasteiger partial charge in [0.1, 0.15) is 6.61 Å². The maximum Gasteiger partial charge on any atom is 0.287 e. The Hall–Kier alpha value is -0.630. The predicted octanol–water partition coefficient (Wildman–Crippen LogP) is 1.91. The van der Waals surface area contributed by atoms with Crippen LogP contribution in [-0.2, 0) is 0 Å². The number of nitrogens with two attached hydrogens (primary N) is 1. The smallest absolute Gasteiger partial charge is 0.287 e. The van der Waals surface area contributed by atoms with Gasteiger partial charge in [-0.1, -0.05) is 0 Å². The highest BCUT2D eigenvalue weighted by molar-refractivity contribution is 14.1. The Morgan fingerprint density at radius 1 is 1.47 bits per heavy atom. The van der Waals surface area contributed by atoms with Crippen molar-refractivity contribution in [2.75, 3.05) is 24.2 Å². The molecule has 0 atom stereocenters. The Morgan fingerprint density at radius 2 is 2.13 bits per heavy atom. The normalized spacial score (nSPS) is 11.5. The molecule has 1 aromatic rings. The number of hydrogen-bond donors (Lipinski definition) is 3. The lowest BCUT2D eigenvalue weighted by molar-refractivity contribution is -0.0372. The third-order valence-corrected chi connectivity index (χ3v) is 2.45. The van der Waals surface area contributed by atoms with Crippen molar-refractivity contribution in [1.82, 2.24) is 0 Å². The van der Waals surface area contributed by atoms with Crippen molar-refractivity contribution in [2.45, 2.75) is 5.92 Å².